The average Bonchev–Trinajstić information content (AvgIpc) is 0.831. The van der Waals surface area contributed by atoms with E-state index in [1.165, 1.54) is 21.6 Å². The highest BCUT2D eigenvalue weighted by Crippen LogP contribution is 2.30. The Morgan fingerprint density at radius 1 is 0.394 bits per heavy atom. The molecule has 1 heterocycles. The van der Waals surface area contributed by atoms with Crippen molar-refractivity contribution in [2.45, 2.75) is 169 Å². The number of benzene rings is 5. The Labute approximate surface area is 754 Å². The SMILES string of the molecule is N=C(N)NCCC[C@@H]1NC(=O)[C@H](Cc2ccc3ccccc3c2)NC(=O)[C@@H](Cc2ccccc2)CC(=O)[C@H](Cc2ccccc2)NC(=O)[C@H](CCC(=O)NCCOCCOCC(=O)N[C@@H](CCCCNC(=O)c2cc(CSSCN)cc(CSSCN)c2)C(N)=O)NC(=O)[C@@H](CCCNC(=N)N)NC(=O)[C@H](CCCNC(=N)N)NC(=O)[C@@H](CCCNC(=N)N)NC1=O. The molecule has 0 aromatic heterocycles. The number of fused-ring (bicyclic) bond motifs is 1. The quantitative estimate of drug-likeness (QED) is 0.00801. The number of ketones is 1. The summed E-state index contributed by atoms with van der Waals surface area (Å²) in [7, 11) is 6.23. The monoisotopic (exact) mass is 1830 g/mol. The van der Waals surface area contributed by atoms with E-state index in [4.69, 9.17) is 71.2 Å². The molecule has 0 unspecified atom stereocenters. The molecular weight excluding hydrogens is 1710 g/mol. The molecule has 32 N–H and O–H groups in total. The van der Waals surface area contributed by atoms with E-state index in [1.807, 2.05) is 48.5 Å². The summed E-state index contributed by atoms with van der Waals surface area (Å²) in [5.74, 6) is -9.96. The largest absolute Gasteiger partial charge is 0.377 e. The summed E-state index contributed by atoms with van der Waals surface area (Å²) in [4.78, 5) is 175. The molecular formula is C84H123N25O14S4. The summed E-state index contributed by atoms with van der Waals surface area (Å²) >= 11 is 0. The Hall–Kier alpha value is -11.5. The van der Waals surface area contributed by atoms with Crippen LogP contribution in [0.5, 0.6) is 0 Å². The van der Waals surface area contributed by atoms with Crippen LogP contribution in [0.25, 0.3) is 10.8 Å². The minimum atomic E-state index is -1.68. The van der Waals surface area contributed by atoms with Crippen LogP contribution >= 0.6 is 43.2 Å². The van der Waals surface area contributed by atoms with Gasteiger partial charge in [0.05, 0.1) is 25.9 Å². The van der Waals surface area contributed by atoms with Gasteiger partial charge in [-0.05, 0) is 141 Å². The third-order valence-electron chi connectivity index (χ3n) is 19.9. The van der Waals surface area contributed by atoms with Crippen molar-refractivity contribution in [3.63, 3.8) is 0 Å². The number of nitrogens with one attached hydrogen (secondary N) is 18. The Bertz CT molecular complexity index is 4430. The number of hydrogen-bond acceptors (Lipinski definition) is 24. The molecule has 43 heteroatoms. The molecule has 0 saturated carbocycles. The van der Waals surface area contributed by atoms with Gasteiger partial charge in [0, 0.05) is 93.3 Å². The third kappa shape index (κ3) is 41.7. The summed E-state index contributed by atoms with van der Waals surface area (Å²) in [5, 5.41) is 71.2. The number of hydrogen-bond donors (Lipinski definition) is 25. The van der Waals surface area contributed by atoms with Gasteiger partial charge >= 0.3 is 0 Å². The van der Waals surface area contributed by atoms with E-state index < -0.39 is 163 Å². The zero-order chi connectivity index (χ0) is 92.3. The van der Waals surface area contributed by atoms with Crippen molar-refractivity contribution in [2.24, 2.45) is 46.1 Å². The number of Topliss-reactive ketones (excluding diaryl/α,β-unsaturated/α-hetero) is 1. The average molecular weight is 1840 g/mol. The van der Waals surface area contributed by atoms with Crippen molar-refractivity contribution in [3.05, 3.63) is 155 Å². The second-order valence-corrected chi connectivity index (χ2v) is 35.0. The molecule has 0 radical (unpaired) electrons. The first-order valence-corrected chi connectivity index (χ1v) is 46.9. The maximum absolute atomic E-state index is 15.5. The van der Waals surface area contributed by atoms with Gasteiger partial charge in [0.15, 0.2) is 29.6 Å². The van der Waals surface area contributed by atoms with Gasteiger partial charge in [0.25, 0.3) is 5.91 Å². The molecule has 1 aliphatic heterocycles. The van der Waals surface area contributed by atoms with Gasteiger partial charge in [-0.1, -0.05) is 152 Å². The minimum Gasteiger partial charge on any atom is -0.377 e. The summed E-state index contributed by atoms with van der Waals surface area (Å²) in [5.41, 5.74) is 43.7. The molecule has 127 heavy (non-hydrogen) atoms. The number of amides is 11. The number of guanidine groups is 4. The van der Waals surface area contributed by atoms with Gasteiger partial charge < -0.3 is 124 Å². The molecule has 11 amide bonds. The lowest BCUT2D eigenvalue weighted by atomic mass is 9.89. The first-order valence-electron chi connectivity index (χ1n) is 41.9. The minimum absolute atomic E-state index is 0.00617. The highest BCUT2D eigenvalue weighted by molar-refractivity contribution is 8.76. The van der Waals surface area contributed by atoms with Crippen LogP contribution in [0.3, 0.4) is 0 Å². The van der Waals surface area contributed by atoms with E-state index >= 15 is 38.4 Å². The molecule has 6 rings (SSSR count). The van der Waals surface area contributed by atoms with Crippen LogP contribution in [0.4, 0.5) is 0 Å². The molecule has 692 valence electrons. The maximum atomic E-state index is 15.5. The normalized spacial score (nSPS) is 18.3. The molecule has 5 aromatic carbocycles. The van der Waals surface area contributed by atoms with Crippen LogP contribution in [0.1, 0.15) is 128 Å². The van der Waals surface area contributed by atoms with Crippen molar-refractivity contribution in [1.82, 2.24) is 74.4 Å². The predicted octanol–water partition coefficient (Wildman–Crippen LogP) is -0.00142. The smallest absolute Gasteiger partial charge is 0.251 e. The van der Waals surface area contributed by atoms with Crippen LogP contribution in [-0.4, -0.2) is 220 Å². The number of ether oxygens (including phenoxy) is 2. The van der Waals surface area contributed by atoms with E-state index in [9.17, 15) is 19.2 Å². The summed E-state index contributed by atoms with van der Waals surface area (Å²) in [6.45, 7) is -0.383. The second kappa shape index (κ2) is 58.7. The Morgan fingerprint density at radius 3 is 1.30 bits per heavy atom. The lowest BCUT2D eigenvalue weighted by Crippen LogP contribution is -2.60. The highest BCUT2D eigenvalue weighted by atomic mass is 33.1. The van der Waals surface area contributed by atoms with Crippen LogP contribution in [0.15, 0.2) is 121 Å². The van der Waals surface area contributed by atoms with Gasteiger partial charge in [0.2, 0.25) is 59.1 Å². The molecule has 9 atom stereocenters. The van der Waals surface area contributed by atoms with E-state index in [0.717, 1.165) is 21.9 Å². The first kappa shape index (κ1) is 104. The first-order chi connectivity index (χ1) is 61.1. The van der Waals surface area contributed by atoms with Gasteiger partial charge in [0.1, 0.15) is 48.9 Å². The Morgan fingerprint density at radius 2 is 0.819 bits per heavy atom. The van der Waals surface area contributed by atoms with Crippen molar-refractivity contribution >= 4 is 149 Å². The highest BCUT2D eigenvalue weighted by Gasteiger charge is 2.37. The molecule has 5 aromatic rings. The van der Waals surface area contributed by atoms with Crippen molar-refractivity contribution in [1.29, 1.82) is 21.6 Å². The molecule has 1 aliphatic rings. The summed E-state index contributed by atoms with van der Waals surface area (Å²) in [6, 6.07) is 24.3. The third-order valence-corrected chi connectivity index (χ3v) is 23.9. The Balaban J connectivity index is 1.26. The zero-order valence-electron chi connectivity index (χ0n) is 71.1. The van der Waals surface area contributed by atoms with Crippen LogP contribution < -0.4 is 115 Å². The number of nitrogens with two attached hydrogens (primary N) is 7. The molecule has 0 aliphatic carbocycles. The van der Waals surface area contributed by atoms with Crippen molar-refractivity contribution in [3.8, 4) is 0 Å². The van der Waals surface area contributed by atoms with E-state index in [0.29, 0.717) is 64.9 Å². The second-order valence-electron chi connectivity index (χ2n) is 30.0. The number of unbranched alkanes of at least 4 members (excludes halogenated alkanes) is 1. The standard InChI is InChI=1S/C84H123N25O14S4/c85-50-126-124-48-55-39-56(49-125-127-51-86)43-59(42-55)73(114)97-30-10-9-21-61(72(87)113)102-71(112)47-123-38-37-122-36-35-96-70(111)29-28-66-79(120)108-67(44-53-17-5-2-6-18-53)69(110)46-60(40-52-15-3-1-4-16-52)74(115)109-68(45-54-26-27-57-19-7-8-20-58(57)41-54)80(121)106-65(25-14-34-101-84(94)95)77(118)104-63(23-12-32-99-82(90)91)75(116)103-62(22-11-31-98-81(88)89)76(117)105-64(78(119)107-66)24-13-33-100-83(92)93/h1-8,15-20,26-27,39,41-43,60-68H,9-14,21-25,28-38,40,44-51,85-86H2,(H2,87,113)(H,96,111)(H,97,114)(H,102,112)(H,103,116)(H,104,118)(H,105,117)(H,106,121)(H,107,119)(H,108,120)(H,109,115)(H4,88,89,98)(H4,90,91,99)(H4,92,93,100)(H4,94,95,101)/t60-,61-,62-,63+,64+,65-,66-,67-,68-/m0/s1. The van der Waals surface area contributed by atoms with Gasteiger partial charge in [-0.15, -0.1) is 0 Å². The van der Waals surface area contributed by atoms with E-state index in [-0.39, 0.29) is 141 Å². The molecule has 1 saturated heterocycles. The van der Waals surface area contributed by atoms with Crippen LogP contribution in [-0.2, 0) is 93.0 Å². The zero-order valence-corrected chi connectivity index (χ0v) is 74.3. The van der Waals surface area contributed by atoms with Gasteiger partial charge in [-0.2, -0.15) is 0 Å². The van der Waals surface area contributed by atoms with Crippen LogP contribution in [0, 0.1) is 27.6 Å². The number of carbonyl (C=O) groups excluding carboxylic acids is 12. The number of primary amides is 1. The number of carbonyl (C=O) groups is 12. The molecule has 39 nitrogen and oxygen atoms in total. The van der Waals surface area contributed by atoms with E-state index in [2.05, 4.69) is 80.5 Å². The van der Waals surface area contributed by atoms with Crippen molar-refractivity contribution < 1.29 is 67.0 Å². The van der Waals surface area contributed by atoms with Crippen molar-refractivity contribution in [2.75, 3.05) is 77.4 Å². The molecule has 1 fully saturated rings. The fourth-order valence-electron chi connectivity index (χ4n) is 13.5. The molecule has 0 bridgehead atoms. The molecule has 0 spiro atoms. The fourth-order valence-corrected chi connectivity index (χ4v) is 16.4. The topological polar surface area (TPSA) is 669 Å². The van der Waals surface area contributed by atoms with Crippen LogP contribution in [0.2, 0.25) is 0 Å². The number of rotatable bonds is 49. The summed E-state index contributed by atoms with van der Waals surface area (Å²) in [6.07, 6.45) is -1.25. The van der Waals surface area contributed by atoms with E-state index in [1.54, 1.807) is 88.3 Å². The maximum Gasteiger partial charge on any atom is 0.251 e. The van der Waals surface area contributed by atoms with Gasteiger partial charge in [-0.25, -0.2) is 0 Å². The predicted molar refractivity (Wildman–Crippen MR) is 495 cm³/mol. The Kier molecular flexibility index (Phi) is 48.2. The lowest BCUT2D eigenvalue weighted by molar-refractivity contribution is -0.137. The fraction of sp³-hybridized carbons (Fsp3) is 0.476. The van der Waals surface area contributed by atoms with Gasteiger partial charge in [-0.3, -0.25) is 79.2 Å². The lowest BCUT2D eigenvalue weighted by Gasteiger charge is -2.29. The summed E-state index contributed by atoms with van der Waals surface area (Å²) < 4.78 is 11.2.